The molecule has 0 saturated heterocycles. The average molecular weight is 589 g/mol. The van der Waals surface area contributed by atoms with Gasteiger partial charge in [-0.05, 0) is 41.0 Å². The predicted molar refractivity (Wildman–Crippen MR) is 158 cm³/mol. The molecule has 1 aliphatic heterocycles. The number of amides is 2. The van der Waals surface area contributed by atoms with Gasteiger partial charge in [0.05, 0.1) is 11.3 Å². The summed E-state index contributed by atoms with van der Waals surface area (Å²) in [6.45, 7) is 1.49. The fraction of sp³-hybridized carbons (Fsp3) is 0.0938. The van der Waals surface area contributed by atoms with E-state index >= 15 is 0 Å². The van der Waals surface area contributed by atoms with Crippen molar-refractivity contribution in [2.45, 2.75) is 19.3 Å². The van der Waals surface area contributed by atoms with Crippen LogP contribution in [-0.2, 0) is 22.7 Å². The van der Waals surface area contributed by atoms with Crippen molar-refractivity contribution >= 4 is 40.4 Å². The Morgan fingerprint density at radius 2 is 1.40 bits per heavy atom. The van der Waals surface area contributed by atoms with E-state index in [-0.39, 0.29) is 5.91 Å². The lowest BCUT2D eigenvalue weighted by Crippen LogP contribution is -2.21. The first kappa shape index (κ1) is 30.5. The number of halogens is 3. The molecule has 0 aromatic heterocycles. The van der Waals surface area contributed by atoms with Crippen LogP contribution in [0.2, 0.25) is 0 Å². The largest absolute Gasteiger partial charge is 0.490 e. The number of aliphatic carboxylic acids is 1. The number of nitrogens with one attached hydrogen (secondary N) is 3. The van der Waals surface area contributed by atoms with Crippen LogP contribution in [0.4, 0.5) is 24.5 Å². The molecule has 220 valence electrons. The summed E-state index contributed by atoms with van der Waals surface area (Å²) in [5.41, 5.74) is 12.4. The number of hydrogen-bond donors (Lipinski definition) is 5. The van der Waals surface area contributed by atoms with Crippen LogP contribution in [0.25, 0.3) is 11.3 Å². The van der Waals surface area contributed by atoms with Crippen molar-refractivity contribution < 1.29 is 32.7 Å². The Kier molecular flexibility index (Phi) is 9.58. The number of alkyl halides is 3. The van der Waals surface area contributed by atoms with Crippen molar-refractivity contribution in [2.75, 3.05) is 10.6 Å². The summed E-state index contributed by atoms with van der Waals surface area (Å²) < 4.78 is 31.7. The molecule has 0 unspecified atom stereocenters. The zero-order chi connectivity index (χ0) is 31.0. The van der Waals surface area contributed by atoms with Crippen LogP contribution in [0, 0.1) is 0 Å². The van der Waals surface area contributed by atoms with E-state index in [0.717, 1.165) is 28.9 Å². The van der Waals surface area contributed by atoms with Crippen LogP contribution in [0.1, 0.15) is 32.6 Å². The molecule has 0 bridgehead atoms. The predicted octanol–water partition coefficient (Wildman–Crippen LogP) is 5.64. The molecule has 4 aromatic rings. The van der Waals surface area contributed by atoms with Gasteiger partial charge in [0.1, 0.15) is 0 Å². The highest BCUT2D eigenvalue weighted by Gasteiger charge is 2.38. The molecule has 0 radical (unpaired) electrons. The third-order valence-electron chi connectivity index (χ3n) is 6.30. The molecule has 0 fully saturated rings. The Hall–Kier alpha value is -5.42. The molecule has 2 amide bonds. The minimum Gasteiger partial charge on any atom is -0.475 e. The maximum Gasteiger partial charge on any atom is 0.490 e. The number of anilines is 2. The topological polar surface area (TPSA) is 134 Å². The highest BCUT2D eigenvalue weighted by atomic mass is 19.4. The van der Waals surface area contributed by atoms with E-state index in [9.17, 15) is 22.8 Å². The second kappa shape index (κ2) is 13.5. The zero-order valence-electron chi connectivity index (χ0n) is 22.6. The number of hydrogen-bond acceptors (Lipinski definition) is 5. The molecule has 0 atom stereocenters. The standard InChI is InChI=1S/C30H26N4O2.C2HF3O2/c31-29(35)23-14-15-25-26(17-23)34-30(36)27(25)28(22-11-5-2-6-12-22)33-24-13-7-10-21(16-24)19-32-18-20-8-3-1-4-9-20;3-2(4,5)1(6)7/h1-17,32-33H,18-19H2,(H2,31,35)(H,34,36);(H,6,7)/b28-27-;. The third-order valence-corrected chi connectivity index (χ3v) is 6.30. The molecule has 5 rings (SSSR count). The first-order valence-electron chi connectivity index (χ1n) is 13.0. The lowest BCUT2D eigenvalue weighted by atomic mass is 9.99. The number of carboxylic acids is 1. The quantitative estimate of drug-likeness (QED) is 0.169. The number of fused-ring (bicyclic) bond motifs is 1. The molecule has 1 heterocycles. The van der Waals surface area contributed by atoms with Crippen LogP contribution in [0.5, 0.6) is 0 Å². The Morgan fingerprint density at radius 1 is 0.791 bits per heavy atom. The van der Waals surface area contributed by atoms with Gasteiger partial charge in [0.15, 0.2) is 0 Å². The van der Waals surface area contributed by atoms with Crippen LogP contribution in [0.15, 0.2) is 103 Å². The van der Waals surface area contributed by atoms with Gasteiger partial charge in [-0.2, -0.15) is 13.2 Å². The summed E-state index contributed by atoms with van der Waals surface area (Å²) in [6, 6.07) is 33.1. The van der Waals surface area contributed by atoms with Gasteiger partial charge in [-0.1, -0.05) is 78.9 Å². The zero-order valence-corrected chi connectivity index (χ0v) is 22.6. The molecule has 11 heteroatoms. The van der Waals surface area contributed by atoms with Gasteiger partial charge in [-0.3, -0.25) is 9.59 Å². The number of benzene rings is 4. The van der Waals surface area contributed by atoms with Gasteiger partial charge in [0.2, 0.25) is 5.91 Å². The first-order chi connectivity index (χ1) is 20.5. The van der Waals surface area contributed by atoms with E-state index < -0.39 is 18.1 Å². The SMILES string of the molecule is NC(=O)c1ccc2c(c1)NC(=O)/C2=C(\Nc1cccc(CNCc2ccccc2)c1)c1ccccc1.O=C(O)C(F)(F)F. The summed E-state index contributed by atoms with van der Waals surface area (Å²) in [7, 11) is 0. The number of rotatable bonds is 8. The fourth-order valence-corrected chi connectivity index (χ4v) is 4.31. The summed E-state index contributed by atoms with van der Waals surface area (Å²) in [6.07, 6.45) is -5.08. The van der Waals surface area contributed by atoms with E-state index in [0.29, 0.717) is 29.1 Å². The van der Waals surface area contributed by atoms with Crippen molar-refractivity contribution in [2.24, 2.45) is 5.73 Å². The van der Waals surface area contributed by atoms with Crippen LogP contribution in [0.3, 0.4) is 0 Å². The normalized spacial score (nSPS) is 13.2. The minimum absolute atomic E-state index is 0.237. The first-order valence-corrected chi connectivity index (χ1v) is 13.0. The molecular formula is C32H27F3N4O4. The monoisotopic (exact) mass is 588 g/mol. The highest BCUT2D eigenvalue weighted by molar-refractivity contribution is 6.37. The van der Waals surface area contributed by atoms with Gasteiger partial charge in [-0.15, -0.1) is 0 Å². The van der Waals surface area contributed by atoms with Gasteiger partial charge >= 0.3 is 12.1 Å². The van der Waals surface area contributed by atoms with Gasteiger partial charge in [0.25, 0.3) is 5.91 Å². The van der Waals surface area contributed by atoms with Gasteiger partial charge in [0, 0.05) is 35.6 Å². The van der Waals surface area contributed by atoms with Gasteiger partial charge < -0.3 is 26.8 Å². The molecular weight excluding hydrogens is 561 g/mol. The third kappa shape index (κ3) is 8.08. The van der Waals surface area contributed by atoms with E-state index in [2.05, 4.69) is 40.2 Å². The number of carbonyl (C=O) groups is 3. The van der Waals surface area contributed by atoms with Crippen LogP contribution < -0.4 is 21.7 Å². The van der Waals surface area contributed by atoms with Crippen molar-refractivity contribution in [3.05, 3.63) is 131 Å². The molecule has 0 spiro atoms. The van der Waals surface area contributed by atoms with E-state index in [1.165, 1.54) is 5.56 Å². The van der Waals surface area contributed by atoms with Crippen molar-refractivity contribution in [1.29, 1.82) is 0 Å². The second-order valence-corrected chi connectivity index (χ2v) is 9.41. The molecule has 0 aliphatic carbocycles. The lowest BCUT2D eigenvalue weighted by molar-refractivity contribution is -0.192. The number of primary amides is 1. The number of nitrogens with two attached hydrogens (primary N) is 1. The molecule has 1 aliphatic rings. The van der Waals surface area contributed by atoms with E-state index in [4.69, 9.17) is 15.6 Å². The molecule has 8 nitrogen and oxygen atoms in total. The Labute approximate surface area is 245 Å². The van der Waals surface area contributed by atoms with Crippen LogP contribution in [-0.4, -0.2) is 29.1 Å². The summed E-state index contributed by atoms with van der Waals surface area (Å²) in [5.74, 6) is -3.53. The van der Waals surface area contributed by atoms with Crippen molar-refractivity contribution in [3.63, 3.8) is 0 Å². The number of carboxylic acid groups (broad SMARTS) is 1. The Bertz CT molecular complexity index is 1660. The summed E-state index contributed by atoms with van der Waals surface area (Å²) >= 11 is 0. The van der Waals surface area contributed by atoms with E-state index in [1.54, 1.807) is 18.2 Å². The van der Waals surface area contributed by atoms with E-state index in [1.807, 2.05) is 60.7 Å². The number of carbonyl (C=O) groups excluding carboxylic acids is 2. The maximum absolute atomic E-state index is 13.1. The Morgan fingerprint density at radius 3 is 2.02 bits per heavy atom. The van der Waals surface area contributed by atoms with Crippen molar-refractivity contribution in [1.82, 2.24) is 5.32 Å². The summed E-state index contributed by atoms with van der Waals surface area (Å²) in [5, 5.41) is 17.0. The smallest absolute Gasteiger partial charge is 0.475 e. The van der Waals surface area contributed by atoms with Gasteiger partial charge in [-0.25, -0.2) is 4.79 Å². The highest BCUT2D eigenvalue weighted by Crippen LogP contribution is 2.38. The second-order valence-electron chi connectivity index (χ2n) is 9.41. The average Bonchev–Trinajstić information content (AvgIpc) is 3.31. The maximum atomic E-state index is 13.1. The molecule has 4 aromatic carbocycles. The molecule has 0 saturated carbocycles. The molecule has 43 heavy (non-hydrogen) atoms. The minimum atomic E-state index is -5.08. The fourth-order valence-electron chi connectivity index (χ4n) is 4.31. The molecule has 6 N–H and O–H groups in total. The van der Waals surface area contributed by atoms with Crippen molar-refractivity contribution in [3.8, 4) is 0 Å². The Balaban J connectivity index is 0.000000541. The van der Waals surface area contributed by atoms with Crippen LogP contribution >= 0.6 is 0 Å². The lowest BCUT2D eigenvalue weighted by Gasteiger charge is -2.16. The summed E-state index contributed by atoms with van der Waals surface area (Å²) in [4.78, 5) is 33.6.